The summed E-state index contributed by atoms with van der Waals surface area (Å²) in [6.45, 7) is 21.6. The molecule has 19 nitrogen and oxygen atoms in total. The Hall–Kier alpha value is -4.24. The number of methoxy groups -OCH3 is 1. The molecule has 394 valence electrons. The molecule has 0 radical (unpaired) electrons. The van der Waals surface area contributed by atoms with Crippen LogP contribution in [0.15, 0.2) is 30.5 Å². The number of unbranched alkanes of at least 4 members (excludes halogenated alkanes) is 1. The first-order valence-electron chi connectivity index (χ1n) is 25.2. The van der Waals surface area contributed by atoms with Gasteiger partial charge in [-0.2, -0.15) is 0 Å². The number of aliphatic hydroxyl groups excluding tert-OH is 1. The van der Waals surface area contributed by atoms with Gasteiger partial charge in [-0.3, -0.25) is 24.0 Å². The molecule has 1 aromatic heterocycles. The van der Waals surface area contributed by atoms with Crippen LogP contribution in [0.25, 0.3) is 11.3 Å². The van der Waals surface area contributed by atoms with Crippen molar-refractivity contribution in [2.75, 3.05) is 46.6 Å². The number of carbonyl (C=O) groups is 4. The lowest BCUT2D eigenvalue weighted by Gasteiger charge is -2.46. The van der Waals surface area contributed by atoms with Crippen molar-refractivity contribution in [3.05, 3.63) is 30.5 Å². The molecule has 1 aromatic carbocycles. The number of anilines is 1. The van der Waals surface area contributed by atoms with Crippen molar-refractivity contribution in [3.63, 3.8) is 0 Å². The smallest absolute Gasteiger partial charge is 0.410 e. The Morgan fingerprint density at radius 2 is 1.81 bits per heavy atom. The van der Waals surface area contributed by atoms with Gasteiger partial charge in [0.1, 0.15) is 35.5 Å². The lowest BCUT2D eigenvalue weighted by Crippen LogP contribution is -2.62. The van der Waals surface area contributed by atoms with Crippen molar-refractivity contribution in [1.82, 2.24) is 35.4 Å². The van der Waals surface area contributed by atoms with Gasteiger partial charge in [-0.25, -0.2) is 4.79 Å². The lowest BCUT2D eigenvalue weighted by atomic mass is 9.78. The number of nitrogens with zero attached hydrogens (tertiary/aromatic N) is 5. The van der Waals surface area contributed by atoms with Crippen molar-refractivity contribution in [2.45, 2.75) is 193 Å². The zero-order valence-corrected chi connectivity index (χ0v) is 44.2. The van der Waals surface area contributed by atoms with Crippen LogP contribution in [-0.4, -0.2) is 166 Å². The number of nitrogens with two attached hydrogens (primary N) is 1. The van der Waals surface area contributed by atoms with E-state index in [-0.39, 0.29) is 24.5 Å². The molecule has 0 saturated carbocycles. The van der Waals surface area contributed by atoms with E-state index in [1.807, 2.05) is 91.0 Å². The molecule has 3 aliphatic heterocycles. The summed E-state index contributed by atoms with van der Waals surface area (Å²) in [5.41, 5.74) is 5.01. The fourth-order valence-corrected chi connectivity index (χ4v) is 10.5. The predicted molar refractivity (Wildman–Crippen MR) is 264 cm³/mol. The second-order valence-corrected chi connectivity index (χ2v) is 21.6. The highest BCUT2D eigenvalue weighted by atomic mass is 16.7. The Balaban J connectivity index is 1.49. The number of ketones is 1. The molecule has 3 fully saturated rings. The average molecular weight is 985 g/mol. The molecule has 14 atom stereocenters. The van der Waals surface area contributed by atoms with Crippen molar-refractivity contribution < 1.29 is 52.7 Å². The molecule has 4 heterocycles. The summed E-state index contributed by atoms with van der Waals surface area (Å²) in [4.78, 5) is 60.1. The molecule has 3 saturated heterocycles. The van der Waals surface area contributed by atoms with Crippen LogP contribution >= 0.6 is 0 Å². The van der Waals surface area contributed by atoms with Gasteiger partial charge in [0.15, 0.2) is 17.7 Å². The first-order valence-corrected chi connectivity index (χ1v) is 25.2. The van der Waals surface area contributed by atoms with E-state index in [1.165, 1.54) is 6.92 Å². The van der Waals surface area contributed by atoms with Crippen molar-refractivity contribution in [1.29, 1.82) is 0 Å². The van der Waals surface area contributed by atoms with Gasteiger partial charge >= 0.3 is 18.0 Å². The van der Waals surface area contributed by atoms with Gasteiger partial charge in [-0.05, 0) is 139 Å². The minimum absolute atomic E-state index is 0.125. The van der Waals surface area contributed by atoms with Gasteiger partial charge in [0.2, 0.25) is 0 Å². The molecule has 19 heteroatoms. The molecule has 3 aliphatic rings. The summed E-state index contributed by atoms with van der Waals surface area (Å²) < 4.78 is 39.5. The van der Waals surface area contributed by atoms with E-state index in [4.69, 9.17) is 34.2 Å². The van der Waals surface area contributed by atoms with Crippen LogP contribution in [0.3, 0.4) is 0 Å². The van der Waals surface area contributed by atoms with E-state index in [9.17, 15) is 24.3 Å². The molecule has 1 amide bonds. The summed E-state index contributed by atoms with van der Waals surface area (Å²) in [6.07, 6.45) is -0.101. The minimum Gasteiger partial charge on any atom is -0.459 e. The number of nitrogen functional groups attached to an aromatic ring is 1. The number of aryl methyl sites for hydroxylation is 1. The van der Waals surface area contributed by atoms with Gasteiger partial charge in [0.05, 0.1) is 30.0 Å². The molecule has 5 N–H and O–H groups in total. The fourth-order valence-electron chi connectivity index (χ4n) is 10.5. The maximum Gasteiger partial charge on any atom is 0.410 e. The zero-order valence-electron chi connectivity index (χ0n) is 44.2. The monoisotopic (exact) mass is 985 g/mol. The van der Waals surface area contributed by atoms with Crippen molar-refractivity contribution in [2.24, 2.45) is 17.8 Å². The van der Waals surface area contributed by atoms with Crippen LogP contribution in [0.1, 0.15) is 115 Å². The number of amides is 1. The number of esters is 2. The molecule has 0 bridgehead atoms. The van der Waals surface area contributed by atoms with Gasteiger partial charge in [-0.15, -0.1) is 5.10 Å². The lowest BCUT2D eigenvalue weighted by molar-refractivity contribution is -0.295. The Morgan fingerprint density at radius 3 is 2.46 bits per heavy atom. The van der Waals surface area contributed by atoms with Crippen molar-refractivity contribution >= 4 is 29.5 Å². The van der Waals surface area contributed by atoms with Gasteiger partial charge < -0.3 is 54.8 Å². The number of benzene rings is 1. The number of cyclic esters (lactones) is 1. The number of hydrogen-bond acceptors (Lipinski definition) is 17. The second-order valence-electron chi connectivity index (χ2n) is 21.6. The van der Waals surface area contributed by atoms with Crippen LogP contribution in [0.4, 0.5) is 10.5 Å². The van der Waals surface area contributed by atoms with E-state index in [0.717, 1.165) is 5.56 Å². The zero-order chi connectivity index (χ0) is 51.9. The summed E-state index contributed by atoms with van der Waals surface area (Å²) in [5, 5.41) is 27.4. The Bertz CT molecular complexity index is 2070. The Kier molecular flexibility index (Phi) is 19.4. The molecular weight excluding hydrogens is 901 g/mol. The largest absolute Gasteiger partial charge is 0.459 e. The standard InChI is InChI=1S/C51H84N8O11/c1-15-40-51(11)43(59(48(64)70-51)24-17-16-23-58-29-38(55-56-58)35-19-18-20-36(52)26-35)37(21-22-53-34(6)46(63)69-49(7,8)9)54-28-30(2)27-50(10,65-14)44(32(4)41(60)33(5)45(62)67-40)68-47-42(61)39(57(12)13)25-31(3)66-47/h18-20,26,29-34,37,39-40,42-44,47,53-54,61H,15-17,21-25,27-28,52H2,1-14H3/t30-,31-,32+,33-,34-,37-,39?,40-,42?,43-,44-,47+,50-,51-/m1/s1. The van der Waals surface area contributed by atoms with Crippen molar-refractivity contribution in [3.8, 4) is 11.3 Å². The summed E-state index contributed by atoms with van der Waals surface area (Å²) in [5.74, 6) is -3.88. The minimum atomic E-state index is -1.38. The van der Waals surface area contributed by atoms with E-state index < -0.39 is 95.2 Å². The molecule has 2 aromatic rings. The molecule has 0 spiro atoms. The second kappa shape index (κ2) is 24.0. The molecule has 5 rings (SSSR count). The summed E-state index contributed by atoms with van der Waals surface area (Å²) in [7, 11) is 5.36. The predicted octanol–water partition coefficient (Wildman–Crippen LogP) is 4.97. The average Bonchev–Trinajstić information content (AvgIpc) is 3.87. The van der Waals surface area contributed by atoms with Gasteiger partial charge in [-0.1, -0.05) is 38.1 Å². The fraction of sp³-hybridized carbons (Fsp3) is 0.765. The van der Waals surface area contributed by atoms with E-state index in [0.29, 0.717) is 69.7 Å². The quantitative estimate of drug-likeness (QED) is 0.0572. The van der Waals surface area contributed by atoms with Gasteiger partial charge in [0.25, 0.3) is 0 Å². The Morgan fingerprint density at radius 1 is 1.11 bits per heavy atom. The first-order chi connectivity index (χ1) is 32.8. The maximum atomic E-state index is 14.6. The molecular formula is C51H84N8O11. The van der Waals surface area contributed by atoms with E-state index in [1.54, 1.807) is 37.5 Å². The third kappa shape index (κ3) is 13.8. The molecule has 2 unspecified atom stereocenters. The normalized spacial score (nSPS) is 33.2. The number of rotatable bonds is 16. The van der Waals surface area contributed by atoms with Crippen LogP contribution in [0.2, 0.25) is 0 Å². The number of aromatic nitrogens is 3. The number of ether oxygens (including phenoxy) is 6. The van der Waals surface area contributed by atoms with Crippen LogP contribution in [0, 0.1) is 17.8 Å². The van der Waals surface area contributed by atoms with E-state index in [2.05, 4.69) is 27.9 Å². The first kappa shape index (κ1) is 56.7. The summed E-state index contributed by atoms with van der Waals surface area (Å²) >= 11 is 0. The highest BCUT2D eigenvalue weighted by Crippen LogP contribution is 2.41. The maximum absolute atomic E-state index is 14.6. The number of hydrogen-bond donors (Lipinski definition) is 4. The highest BCUT2D eigenvalue weighted by molar-refractivity contribution is 6.00. The van der Waals surface area contributed by atoms with Gasteiger partial charge in [0, 0.05) is 49.5 Å². The highest BCUT2D eigenvalue weighted by Gasteiger charge is 2.59. The number of fused-ring (bicyclic) bond motifs is 1. The summed E-state index contributed by atoms with van der Waals surface area (Å²) in [6, 6.07) is 5.40. The SMILES string of the molecule is CC[C@H]1OC(=O)[C@H](C)C(=O)[C@H](C)[C@@H](O[C@@H]2O[C@H](C)CC(N(C)C)C2O)[C@](C)(OC)C[C@@H](C)CN[C@H](CCN[C@H](C)C(=O)OC(C)(C)C)[C@H]2N(CCCCn3cc(-c4cccc(N)c4)nn3)C(=O)O[C@]12C. The third-order valence-electron chi connectivity index (χ3n) is 14.3. The number of carbonyl (C=O) groups excluding carboxylic acids is 4. The van der Waals surface area contributed by atoms with Crippen LogP contribution < -0.4 is 16.4 Å². The number of aliphatic hydroxyl groups is 1. The number of Topliss-reactive ketones (excluding diaryl/α,β-unsaturated/α-hetero) is 1. The number of likely N-dealkylation sites (N-methyl/N-ethyl adjacent to an activating group) is 1. The van der Waals surface area contributed by atoms with E-state index >= 15 is 0 Å². The Labute approximate surface area is 415 Å². The molecule has 70 heavy (non-hydrogen) atoms. The third-order valence-corrected chi connectivity index (χ3v) is 14.3. The number of nitrogens with one attached hydrogen (secondary N) is 2. The van der Waals surface area contributed by atoms with Crippen LogP contribution in [0.5, 0.6) is 0 Å². The topological polar surface area (TPSA) is 231 Å². The molecule has 0 aliphatic carbocycles. The van der Waals surface area contributed by atoms with Crippen LogP contribution in [-0.2, 0) is 49.3 Å².